The highest BCUT2D eigenvalue weighted by molar-refractivity contribution is 7.90. The molecule has 0 spiro atoms. The molecule has 1 aromatic heterocycles. The van der Waals surface area contributed by atoms with E-state index in [0.717, 1.165) is 5.69 Å². The van der Waals surface area contributed by atoms with Crippen molar-refractivity contribution in [2.45, 2.75) is 12.2 Å². The Balaban J connectivity index is 2.44. The molecule has 0 aromatic carbocycles. The van der Waals surface area contributed by atoms with Crippen molar-refractivity contribution in [1.29, 1.82) is 0 Å². The number of aromatic nitrogens is 2. The largest absolute Gasteiger partial charge is 0.307 e. The number of nitrogens with two attached hydrogens (primary N) is 1. The molecule has 0 saturated carbocycles. The van der Waals surface area contributed by atoms with E-state index in [2.05, 4.69) is 15.6 Å². The molecule has 1 aliphatic rings. The van der Waals surface area contributed by atoms with Crippen molar-refractivity contribution in [3.05, 3.63) is 17.3 Å². The van der Waals surface area contributed by atoms with Crippen LogP contribution in [-0.4, -0.2) is 24.4 Å². The van der Waals surface area contributed by atoms with Crippen molar-refractivity contribution in [2.24, 2.45) is 5.84 Å². The van der Waals surface area contributed by atoms with E-state index in [9.17, 15) is 8.42 Å². The second-order valence-electron chi connectivity index (χ2n) is 3.19. The number of hydrogen-bond acceptors (Lipinski definition) is 6. The molecule has 2 rings (SSSR count). The van der Waals surface area contributed by atoms with E-state index in [1.165, 1.54) is 0 Å². The second-order valence-corrected chi connectivity index (χ2v) is 5.37. The summed E-state index contributed by atoms with van der Waals surface area (Å²) >= 11 is 0. The molecule has 0 fully saturated rings. The van der Waals surface area contributed by atoms with Crippen LogP contribution < -0.4 is 11.3 Å². The van der Waals surface area contributed by atoms with Crippen molar-refractivity contribution in [3.63, 3.8) is 0 Å². The maximum Gasteiger partial charge on any atom is 0.162 e. The zero-order valence-electron chi connectivity index (χ0n) is 7.40. The van der Waals surface area contributed by atoms with E-state index >= 15 is 0 Å². The third kappa shape index (κ3) is 1.68. The lowest BCUT2D eigenvalue weighted by molar-refractivity contribution is 0.590. The highest BCUT2D eigenvalue weighted by Crippen LogP contribution is 2.19. The van der Waals surface area contributed by atoms with E-state index in [-0.39, 0.29) is 11.5 Å². The van der Waals surface area contributed by atoms with Crippen LogP contribution in [0.15, 0.2) is 6.07 Å². The molecule has 1 aromatic rings. The molecular formula is C7H10N4O2S. The van der Waals surface area contributed by atoms with Crippen LogP contribution in [0.5, 0.6) is 0 Å². The fourth-order valence-electron chi connectivity index (χ4n) is 1.42. The Kier molecular flexibility index (Phi) is 2.12. The monoisotopic (exact) mass is 214 g/mol. The molecule has 6 nitrogen and oxygen atoms in total. The Bertz CT molecular complexity index is 457. The summed E-state index contributed by atoms with van der Waals surface area (Å²) in [5, 5.41) is 7.68. The normalized spacial score (nSPS) is 18.6. The summed E-state index contributed by atoms with van der Waals surface area (Å²) in [6.07, 6.45) is 0.440. The maximum absolute atomic E-state index is 11.3. The Hall–Kier alpha value is -1.21. The van der Waals surface area contributed by atoms with Gasteiger partial charge < -0.3 is 5.43 Å². The quantitative estimate of drug-likeness (QED) is 0.470. The van der Waals surface area contributed by atoms with Crippen LogP contribution in [0.3, 0.4) is 0 Å². The smallest absolute Gasteiger partial charge is 0.162 e. The van der Waals surface area contributed by atoms with Gasteiger partial charge in [0.25, 0.3) is 0 Å². The van der Waals surface area contributed by atoms with Gasteiger partial charge in [-0.3, -0.25) is 0 Å². The fourth-order valence-corrected chi connectivity index (χ4v) is 2.80. The number of nitrogens with one attached hydrogen (secondary N) is 1. The molecule has 0 unspecified atom stereocenters. The summed E-state index contributed by atoms with van der Waals surface area (Å²) < 4.78 is 22.6. The summed E-state index contributed by atoms with van der Waals surface area (Å²) in [7, 11) is -2.96. The van der Waals surface area contributed by atoms with Crippen molar-refractivity contribution >= 4 is 15.7 Å². The van der Waals surface area contributed by atoms with Crippen LogP contribution >= 0.6 is 0 Å². The van der Waals surface area contributed by atoms with Gasteiger partial charge in [-0.05, 0) is 11.6 Å². The van der Waals surface area contributed by atoms with Gasteiger partial charge in [-0.2, -0.15) is 5.10 Å². The molecule has 7 heteroatoms. The van der Waals surface area contributed by atoms with Crippen LogP contribution in [0.2, 0.25) is 0 Å². The average Bonchev–Trinajstić information content (AvgIpc) is 2.15. The number of rotatable bonds is 1. The molecule has 3 N–H and O–H groups in total. The lowest BCUT2D eigenvalue weighted by Gasteiger charge is -2.14. The van der Waals surface area contributed by atoms with Gasteiger partial charge in [0.05, 0.1) is 17.2 Å². The molecule has 76 valence electrons. The van der Waals surface area contributed by atoms with E-state index in [0.29, 0.717) is 17.8 Å². The first kappa shape index (κ1) is 9.35. The third-order valence-electron chi connectivity index (χ3n) is 2.13. The van der Waals surface area contributed by atoms with Gasteiger partial charge in [-0.25, -0.2) is 14.3 Å². The Morgan fingerprint density at radius 2 is 2.21 bits per heavy atom. The van der Waals surface area contributed by atoms with Gasteiger partial charge in [0, 0.05) is 6.42 Å². The van der Waals surface area contributed by atoms with Gasteiger partial charge in [0.1, 0.15) is 0 Å². The molecular weight excluding hydrogens is 204 g/mol. The van der Waals surface area contributed by atoms with Crippen molar-refractivity contribution in [1.82, 2.24) is 10.2 Å². The molecule has 1 aliphatic heterocycles. The van der Waals surface area contributed by atoms with Gasteiger partial charge >= 0.3 is 0 Å². The summed E-state index contributed by atoms with van der Waals surface area (Å²) in [4.78, 5) is 0. The summed E-state index contributed by atoms with van der Waals surface area (Å²) in [6, 6.07) is 1.62. The van der Waals surface area contributed by atoms with Crippen molar-refractivity contribution in [3.8, 4) is 0 Å². The molecule has 0 aliphatic carbocycles. The lowest BCUT2D eigenvalue weighted by atomic mass is 10.2. The maximum atomic E-state index is 11.3. The minimum atomic E-state index is -2.96. The van der Waals surface area contributed by atoms with E-state index in [4.69, 9.17) is 5.84 Å². The number of nitrogen functional groups attached to an aromatic ring is 1. The van der Waals surface area contributed by atoms with Gasteiger partial charge in [-0.1, -0.05) is 0 Å². The predicted octanol–water partition coefficient (Wildman–Crippen LogP) is -0.767. The molecule has 2 heterocycles. The number of hydrazine groups is 1. The zero-order chi connectivity index (χ0) is 10.2. The molecule has 14 heavy (non-hydrogen) atoms. The standard InChI is InChI=1S/C7H10N4O2S/c8-9-7-3-5-4-14(12,13)2-1-6(5)10-11-7/h3H,1-2,4,8H2,(H,9,11). The Labute approximate surface area is 81.4 Å². The molecule has 0 bridgehead atoms. The molecule has 0 radical (unpaired) electrons. The van der Waals surface area contributed by atoms with Crippen LogP contribution in [0.4, 0.5) is 5.82 Å². The van der Waals surface area contributed by atoms with Crippen LogP contribution in [0, 0.1) is 0 Å². The Morgan fingerprint density at radius 1 is 1.43 bits per heavy atom. The van der Waals surface area contributed by atoms with Gasteiger partial charge in [-0.15, -0.1) is 5.10 Å². The average molecular weight is 214 g/mol. The zero-order valence-corrected chi connectivity index (χ0v) is 8.21. The first-order valence-electron chi connectivity index (χ1n) is 4.13. The van der Waals surface area contributed by atoms with Gasteiger partial charge in [0.2, 0.25) is 0 Å². The SMILES string of the molecule is NNc1cc2c(nn1)CCS(=O)(=O)C2. The van der Waals surface area contributed by atoms with Gasteiger partial charge in [0.15, 0.2) is 15.7 Å². The van der Waals surface area contributed by atoms with Crippen molar-refractivity contribution < 1.29 is 8.42 Å². The fraction of sp³-hybridized carbons (Fsp3) is 0.429. The highest BCUT2D eigenvalue weighted by atomic mass is 32.2. The third-order valence-corrected chi connectivity index (χ3v) is 3.71. The number of hydrogen-bond donors (Lipinski definition) is 2. The second kappa shape index (κ2) is 3.18. The van der Waals surface area contributed by atoms with E-state index < -0.39 is 9.84 Å². The highest BCUT2D eigenvalue weighted by Gasteiger charge is 2.22. The Morgan fingerprint density at radius 3 is 2.93 bits per heavy atom. The van der Waals surface area contributed by atoms with E-state index in [1.54, 1.807) is 6.07 Å². The minimum Gasteiger partial charge on any atom is -0.307 e. The summed E-state index contributed by atoms with van der Waals surface area (Å²) in [5.41, 5.74) is 3.78. The number of sulfone groups is 1. The van der Waals surface area contributed by atoms with Crippen LogP contribution in [-0.2, 0) is 22.0 Å². The minimum absolute atomic E-state index is 0.0343. The van der Waals surface area contributed by atoms with Crippen LogP contribution in [0.1, 0.15) is 11.3 Å². The molecule has 0 amide bonds. The number of aryl methyl sites for hydroxylation is 1. The number of fused-ring (bicyclic) bond motifs is 1. The van der Waals surface area contributed by atoms with Crippen LogP contribution in [0.25, 0.3) is 0 Å². The molecule has 0 atom stereocenters. The lowest BCUT2D eigenvalue weighted by Crippen LogP contribution is -2.21. The van der Waals surface area contributed by atoms with E-state index in [1.807, 2.05) is 0 Å². The predicted molar refractivity (Wildman–Crippen MR) is 51.0 cm³/mol. The number of anilines is 1. The molecule has 0 saturated heterocycles. The summed E-state index contributed by atoms with van der Waals surface area (Å²) in [5.74, 6) is 5.73. The summed E-state index contributed by atoms with van der Waals surface area (Å²) in [6.45, 7) is 0. The first-order valence-corrected chi connectivity index (χ1v) is 5.95. The first-order chi connectivity index (χ1) is 6.61. The van der Waals surface area contributed by atoms with Crippen molar-refractivity contribution in [2.75, 3.05) is 11.2 Å². The topological polar surface area (TPSA) is 98.0 Å². The number of nitrogens with zero attached hydrogens (tertiary/aromatic N) is 2.